The van der Waals surface area contributed by atoms with Crippen LogP contribution in [-0.2, 0) is 0 Å². The SMILES string of the molecule is CCCCN(CC)C(=O)c1cc(C)n(-c2ccc(OC)cc2)c1C. The van der Waals surface area contributed by atoms with Gasteiger partial charge in [-0.15, -0.1) is 0 Å². The minimum atomic E-state index is 0.124. The molecule has 4 heteroatoms. The second kappa shape index (κ2) is 8.04. The number of nitrogens with zero attached hydrogens (tertiary/aromatic N) is 2. The number of benzene rings is 1. The van der Waals surface area contributed by atoms with E-state index < -0.39 is 0 Å². The molecule has 1 amide bonds. The van der Waals surface area contributed by atoms with E-state index in [9.17, 15) is 4.79 Å². The molecule has 0 radical (unpaired) electrons. The summed E-state index contributed by atoms with van der Waals surface area (Å²) in [5.41, 5.74) is 3.88. The van der Waals surface area contributed by atoms with E-state index in [1.54, 1.807) is 7.11 Å². The normalized spacial score (nSPS) is 10.7. The number of hydrogen-bond acceptors (Lipinski definition) is 2. The van der Waals surface area contributed by atoms with Crippen LogP contribution in [0.15, 0.2) is 30.3 Å². The van der Waals surface area contributed by atoms with E-state index in [1.165, 1.54) is 0 Å². The predicted molar refractivity (Wildman–Crippen MR) is 98.3 cm³/mol. The molecule has 130 valence electrons. The lowest BCUT2D eigenvalue weighted by Crippen LogP contribution is -2.32. The molecular formula is C20H28N2O2. The van der Waals surface area contributed by atoms with E-state index in [0.29, 0.717) is 0 Å². The van der Waals surface area contributed by atoms with Gasteiger partial charge in [-0.05, 0) is 57.5 Å². The maximum absolute atomic E-state index is 12.9. The zero-order valence-electron chi connectivity index (χ0n) is 15.4. The average molecular weight is 328 g/mol. The van der Waals surface area contributed by atoms with Crippen molar-refractivity contribution in [1.82, 2.24) is 9.47 Å². The standard InChI is InChI=1S/C20H28N2O2/c1-6-8-13-21(7-2)20(23)19-14-15(3)22(16(19)4)17-9-11-18(24-5)12-10-17/h9-12,14H,6-8,13H2,1-5H3. The highest BCUT2D eigenvalue weighted by molar-refractivity contribution is 5.96. The van der Waals surface area contributed by atoms with Crippen molar-refractivity contribution in [3.8, 4) is 11.4 Å². The Balaban J connectivity index is 2.35. The summed E-state index contributed by atoms with van der Waals surface area (Å²) in [7, 11) is 1.66. The number of hydrogen-bond donors (Lipinski definition) is 0. The van der Waals surface area contributed by atoms with Crippen LogP contribution < -0.4 is 4.74 Å². The van der Waals surface area contributed by atoms with Crippen LogP contribution in [0.2, 0.25) is 0 Å². The molecule has 0 N–H and O–H groups in total. The first-order valence-electron chi connectivity index (χ1n) is 8.66. The molecule has 0 bridgehead atoms. The highest BCUT2D eigenvalue weighted by atomic mass is 16.5. The number of carbonyl (C=O) groups is 1. The third-order valence-electron chi connectivity index (χ3n) is 4.44. The fourth-order valence-corrected chi connectivity index (χ4v) is 3.03. The predicted octanol–water partition coefficient (Wildman–Crippen LogP) is 4.36. The van der Waals surface area contributed by atoms with E-state index in [1.807, 2.05) is 56.0 Å². The van der Waals surface area contributed by atoms with Crippen molar-refractivity contribution < 1.29 is 9.53 Å². The summed E-state index contributed by atoms with van der Waals surface area (Å²) < 4.78 is 7.35. The smallest absolute Gasteiger partial charge is 0.255 e. The van der Waals surface area contributed by atoms with Gasteiger partial charge in [0, 0.05) is 30.2 Å². The zero-order chi connectivity index (χ0) is 17.7. The summed E-state index contributed by atoms with van der Waals surface area (Å²) in [5.74, 6) is 0.952. The maximum Gasteiger partial charge on any atom is 0.255 e. The van der Waals surface area contributed by atoms with Crippen molar-refractivity contribution in [3.05, 3.63) is 47.3 Å². The Hall–Kier alpha value is -2.23. The minimum absolute atomic E-state index is 0.124. The Labute approximate surface area is 145 Å². The van der Waals surface area contributed by atoms with Crippen molar-refractivity contribution in [2.24, 2.45) is 0 Å². The van der Waals surface area contributed by atoms with Gasteiger partial charge < -0.3 is 14.2 Å². The van der Waals surface area contributed by atoms with Crippen LogP contribution in [0, 0.1) is 13.8 Å². The monoisotopic (exact) mass is 328 g/mol. The molecule has 24 heavy (non-hydrogen) atoms. The highest BCUT2D eigenvalue weighted by Crippen LogP contribution is 2.23. The molecule has 1 aromatic heterocycles. The van der Waals surface area contributed by atoms with Crippen LogP contribution in [0.4, 0.5) is 0 Å². The summed E-state index contributed by atoms with van der Waals surface area (Å²) >= 11 is 0. The van der Waals surface area contributed by atoms with Gasteiger partial charge in [0.15, 0.2) is 0 Å². The third kappa shape index (κ3) is 3.64. The van der Waals surface area contributed by atoms with Crippen molar-refractivity contribution in [2.45, 2.75) is 40.5 Å². The summed E-state index contributed by atoms with van der Waals surface area (Å²) in [6.45, 7) is 9.79. The second-order valence-electron chi connectivity index (χ2n) is 6.06. The van der Waals surface area contributed by atoms with Gasteiger partial charge in [0.2, 0.25) is 0 Å². The van der Waals surface area contributed by atoms with Gasteiger partial charge in [0.25, 0.3) is 5.91 Å². The first kappa shape index (κ1) is 18.1. The quantitative estimate of drug-likeness (QED) is 0.756. The molecule has 0 saturated heterocycles. The first-order valence-corrected chi connectivity index (χ1v) is 8.66. The molecule has 0 saturated carbocycles. The van der Waals surface area contributed by atoms with Crippen molar-refractivity contribution >= 4 is 5.91 Å². The lowest BCUT2D eigenvalue weighted by Gasteiger charge is -2.20. The molecule has 1 heterocycles. The third-order valence-corrected chi connectivity index (χ3v) is 4.44. The molecule has 0 unspecified atom stereocenters. The van der Waals surface area contributed by atoms with Gasteiger partial charge in [0.05, 0.1) is 12.7 Å². The Morgan fingerprint density at radius 3 is 2.38 bits per heavy atom. The topological polar surface area (TPSA) is 34.5 Å². The molecule has 0 fully saturated rings. The molecule has 2 aromatic rings. The Kier molecular flexibility index (Phi) is 6.07. The first-order chi connectivity index (χ1) is 11.5. The number of aromatic nitrogens is 1. The number of methoxy groups -OCH3 is 1. The van der Waals surface area contributed by atoms with Crippen LogP contribution in [0.1, 0.15) is 48.4 Å². The Bertz CT molecular complexity index is 686. The van der Waals surface area contributed by atoms with E-state index in [0.717, 1.165) is 54.3 Å². The molecule has 0 aliphatic heterocycles. The zero-order valence-corrected chi connectivity index (χ0v) is 15.4. The van der Waals surface area contributed by atoms with E-state index in [2.05, 4.69) is 11.5 Å². The fraction of sp³-hybridized carbons (Fsp3) is 0.450. The van der Waals surface area contributed by atoms with Gasteiger partial charge in [-0.2, -0.15) is 0 Å². The fourth-order valence-electron chi connectivity index (χ4n) is 3.03. The van der Waals surface area contributed by atoms with Gasteiger partial charge >= 0.3 is 0 Å². The maximum atomic E-state index is 12.9. The van der Waals surface area contributed by atoms with Gasteiger partial charge in [-0.25, -0.2) is 0 Å². The average Bonchev–Trinajstić information content (AvgIpc) is 2.90. The molecular weight excluding hydrogens is 300 g/mol. The molecule has 1 aromatic carbocycles. The van der Waals surface area contributed by atoms with Crippen LogP contribution in [0.5, 0.6) is 5.75 Å². The Morgan fingerprint density at radius 2 is 1.83 bits per heavy atom. The molecule has 4 nitrogen and oxygen atoms in total. The van der Waals surface area contributed by atoms with Crippen molar-refractivity contribution in [3.63, 3.8) is 0 Å². The van der Waals surface area contributed by atoms with Crippen LogP contribution in [0.25, 0.3) is 5.69 Å². The van der Waals surface area contributed by atoms with E-state index in [4.69, 9.17) is 4.74 Å². The van der Waals surface area contributed by atoms with Crippen molar-refractivity contribution in [1.29, 1.82) is 0 Å². The van der Waals surface area contributed by atoms with E-state index >= 15 is 0 Å². The molecule has 0 aliphatic rings. The van der Waals surface area contributed by atoms with Gasteiger partial charge in [-0.3, -0.25) is 4.79 Å². The largest absolute Gasteiger partial charge is 0.497 e. The number of ether oxygens (including phenoxy) is 1. The van der Waals surface area contributed by atoms with Crippen LogP contribution in [0.3, 0.4) is 0 Å². The lowest BCUT2D eigenvalue weighted by molar-refractivity contribution is 0.0761. The summed E-state index contributed by atoms with van der Waals surface area (Å²) in [6.07, 6.45) is 2.13. The molecule has 0 aliphatic carbocycles. The van der Waals surface area contributed by atoms with Gasteiger partial charge in [0.1, 0.15) is 5.75 Å². The Morgan fingerprint density at radius 1 is 1.17 bits per heavy atom. The summed E-state index contributed by atoms with van der Waals surface area (Å²) in [4.78, 5) is 14.8. The number of aryl methyl sites for hydroxylation is 1. The molecule has 0 atom stereocenters. The number of amides is 1. The number of carbonyl (C=O) groups excluding carboxylic acids is 1. The molecule has 2 rings (SSSR count). The van der Waals surface area contributed by atoms with Crippen LogP contribution in [-0.4, -0.2) is 35.6 Å². The number of rotatable bonds is 7. The number of unbranched alkanes of at least 4 members (excludes halogenated alkanes) is 1. The summed E-state index contributed by atoms with van der Waals surface area (Å²) in [5, 5.41) is 0. The van der Waals surface area contributed by atoms with E-state index in [-0.39, 0.29) is 5.91 Å². The molecule has 0 spiro atoms. The highest BCUT2D eigenvalue weighted by Gasteiger charge is 2.20. The second-order valence-corrected chi connectivity index (χ2v) is 6.06. The van der Waals surface area contributed by atoms with Gasteiger partial charge in [-0.1, -0.05) is 13.3 Å². The summed E-state index contributed by atoms with van der Waals surface area (Å²) in [6, 6.07) is 9.91. The van der Waals surface area contributed by atoms with Crippen molar-refractivity contribution in [2.75, 3.05) is 20.2 Å². The lowest BCUT2D eigenvalue weighted by atomic mass is 10.2. The minimum Gasteiger partial charge on any atom is -0.497 e. The van der Waals surface area contributed by atoms with Crippen LogP contribution >= 0.6 is 0 Å².